The van der Waals surface area contributed by atoms with Crippen LogP contribution in [0.1, 0.15) is 0 Å². The van der Waals surface area contributed by atoms with Gasteiger partial charge in [-0.2, -0.15) is 0 Å². The molecule has 2 rings (SSSR count). The summed E-state index contributed by atoms with van der Waals surface area (Å²) < 4.78 is 0.705. The summed E-state index contributed by atoms with van der Waals surface area (Å²) >= 11 is 0. The molecule has 0 atom stereocenters. The summed E-state index contributed by atoms with van der Waals surface area (Å²) in [5.74, 6) is -0.778. The number of rotatable bonds is 1. The second-order valence-corrected chi connectivity index (χ2v) is 2.39. The number of hydrogen-bond donors (Lipinski definition) is 2. The number of tetrazole rings is 2. The van der Waals surface area contributed by atoms with Crippen molar-refractivity contribution in [3.05, 3.63) is 0 Å². The van der Waals surface area contributed by atoms with Crippen molar-refractivity contribution in [2.45, 2.75) is 0 Å². The predicted octanol–water partition coefficient (Wildman–Crippen LogP) is -1.62. The third-order valence-electron chi connectivity index (χ3n) is 1.50. The summed E-state index contributed by atoms with van der Waals surface area (Å²) in [5, 5.41) is 36.4. The van der Waals surface area contributed by atoms with Crippen molar-refractivity contribution in [2.24, 2.45) is 0 Å². The van der Waals surface area contributed by atoms with Crippen LogP contribution in [0.4, 0.5) is 9.59 Å². The van der Waals surface area contributed by atoms with Crippen molar-refractivity contribution in [1.82, 2.24) is 40.4 Å². The van der Waals surface area contributed by atoms with Crippen LogP contribution in [0.15, 0.2) is 0 Å². The molecule has 0 spiro atoms. The molecule has 2 aromatic heterocycles. The van der Waals surface area contributed by atoms with E-state index in [1.54, 1.807) is 0 Å². The van der Waals surface area contributed by atoms with Gasteiger partial charge in [0.05, 0.1) is 0 Å². The maximum Gasteiger partial charge on any atom is 0.435 e. The van der Waals surface area contributed by atoms with Crippen molar-refractivity contribution in [3.8, 4) is 11.6 Å². The fourth-order valence-corrected chi connectivity index (χ4v) is 0.911. The summed E-state index contributed by atoms with van der Waals surface area (Å²) in [5.41, 5.74) is 0. The van der Waals surface area contributed by atoms with E-state index in [4.69, 9.17) is 10.2 Å². The summed E-state index contributed by atoms with van der Waals surface area (Å²) in [6, 6.07) is 0. The van der Waals surface area contributed by atoms with Crippen molar-refractivity contribution in [2.75, 3.05) is 0 Å². The van der Waals surface area contributed by atoms with E-state index in [1.165, 1.54) is 0 Å². The molecule has 2 N–H and O–H groups in total. The minimum atomic E-state index is -1.49. The summed E-state index contributed by atoms with van der Waals surface area (Å²) in [6.07, 6.45) is -2.97. The highest BCUT2D eigenvalue weighted by atomic mass is 16.4. The summed E-state index contributed by atoms with van der Waals surface area (Å²) in [4.78, 5) is 21.3. The van der Waals surface area contributed by atoms with E-state index in [9.17, 15) is 9.59 Å². The Labute approximate surface area is 85.1 Å². The normalized spacial score (nSPS) is 10.2. The molecule has 0 aliphatic heterocycles. The fourth-order valence-electron chi connectivity index (χ4n) is 0.911. The lowest BCUT2D eigenvalue weighted by molar-refractivity contribution is 0.189. The van der Waals surface area contributed by atoms with Gasteiger partial charge in [0, 0.05) is 0 Å². The molecule has 0 saturated heterocycles. The SMILES string of the molecule is O=C(O)n1nnnc1-c1nnnn1C(=O)O. The second kappa shape index (κ2) is 3.34. The van der Waals surface area contributed by atoms with Gasteiger partial charge >= 0.3 is 12.2 Å². The Morgan fingerprint density at radius 3 is 1.56 bits per heavy atom. The van der Waals surface area contributed by atoms with Crippen LogP contribution in [0.3, 0.4) is 0 Å². The van der Waals surface area contributed by atoms with Gasteiger partial charge < -0.3 is 10.2 Å². The number of nitrogens with zero attached hydrogens (tertiary/aromatic N) is 8. The average Bonchev–Trinajstić information content (AvgIpc) is 2.85. The Hall–Kier alpha value is -2.92. The van der Waals surface area contributed by atoms with Gasteiger partial charge in [0.15, 0.2) is 0 Å². The zero-order chi connectivity index (χ0) is 11.7. The molecular weight excluding hydrogens is 224 g/mol. The van der Waals surface area contributed by atoms with E-state index in [2.05, 4.69) is 31.1 Å². The van der Waals surface area contributed by atoms with E-state index in [0.717, 1.165) is 0 Å². The zero-order valence-corrected chi connectivity index (χ0v) is 7.29. The first kappa shape index (κ1) is 9.63. The minimum Gasteiger partial charge on any atom is -0.463 e. The predicted molar refractivity (Wildman–Crippen MR) is 41.5 cm³/mol. The maximum atomic E-state index is 10.7. The molecule has 12 heteroatoms. The largest absolute Gasteiger partial charge is 0.463 e. The van der Waals surface area contributed by atoms with Crippen molar-refractivity contribution < 1.29 is 19.8 Å². The Balaban J connectivity index is 2.59. The summed E-state index contributed by atoms with van der Waals surface area (Å²) in [6.45, 7) is 0. The van der Waals surface area contributed by atoms with E-state index in [0.29, 0.717) is 9.36 Å². The van der Waals surface area contributed by atoms with Crippen LogP contribution in [0, 0.1) is 0 Å². The molecule has 2 heterocycles. The molecule has 0 aromatic carbocycles. The Morgan fingerprint density at radius 1 is 0.875 bits per heavy atom. The van der Waals surface area contributed by atoms with Crippen LogP contribution in [-0.4, -0.2) is 62.8 Å². The molecule has 82 valence electrons. The van der Waals surface area contributed by atoms with Gasteiger partial charge in [0.1, 0.15) is 0 Å². The van der Waals surface area contributed by atoms with E-state index < -0.39 is 12.2 Å². The van der Waals surface area contributed by atoms with Crippen LogP contribution >= 0.6 is 0 Å². The van der Waals surface area contributed by atoms with Gasteiger partial charge in [-0.15, -0.1) is 19.6 Å². The lowest BCUT2D eigenvalue weighted by Crippen LogP contribution is -2.17. The first-order valence-electron chi connectivity index (χ1n) is 3.65. The molecule has 2 aromatic rings. The topological polar surface area (TPSA) is 162 Å². The first-order chi connectivity index (χ1) is 7.61. The van der Waals surface area contributed by atoms with Crippen LogP contribution in [0.5, 0.6) is 0 Å². The minimum absolute atomic E-state index is 0.352. The van der Waals surface area contributed by atoms with Gasteiger partial charge in [0.2, 0.25) is 11.6 Å². The molecule has 0 amide bonds. The lowest BCUT2D eigenvalue weighted by atomic mass is 10.5. The Kier molecular flexibility index (Phi) is 2.01. The third kappa shape index (κ3) is 1.33. The molecule has 0 bridgehead atoms. The van der Waals surface area contributed by atoms with Gasteiger partial charge in [-0.1, -0.05) is 0 Å². The highest BCUT2D eigenvalue weighted by molar-refractivity contribution is 5.75. The Bertz CT molecular complexity index is 506. The van der Waals surface area contributed by atoms with Gasteiger partial charge in [-0.05, 0) is 20.9 Å². The molecule has 0 radical (unpaired) electrons. The number of hydrogen-bond acceptors (Lipinski definition) is 8. The van der Waals surface area contributed by atoms with Crippen LogP contribution in [0.25, 0.3) is 11.6 Å². The van der Waals surface area contributed by atoms with Crippen molar-refractivity contribution in [1.29, 1.82) is 0 Å². The standard InChI is InChI=1S/C4H2N8O4/c13-3(14)11-1(5-7-9-11)2-6-8-10-12(2)4(15)16/h(H,13,14)(H,15,16). The molecule has 16 heavy (non-hydrogen) atoms. The van der Waals surface area contributed by atoms with Gasteiger partial charge in [-0.25, -0.2) is 9.59 Å². The third-order valence-corrected chi connectivity index (χ3v) is 1.50. The number of carboxylic acid groups (broad SMARTS) is 2. The van der Waals surface area contributed by atoms with Crippen molar-refractivity contribution >= 4 is 12.2 Å². The van der Waals surface area contributed by atoms with E-state index >= 15 is 0 Å². The monoisotopic (exact) mass is 226 g/mol. The maximum absolute atomic E-state index is 10.7. The molecule has 0 aliphatic carbocycles. The van der Waals surface area contributed by atoms with Gasteiger partial charge in [-0.3, -0.25) is 0 Å². The molecule has 0 aliphatic rings. The first-order valence-corrected chi connectivity index (χ1v) is 3.65. The fraction of sp³-hybridized carbons (Fsp3) is 0. The summed E-state index contributed by atoms with van der Waals surface area (Å²) in [7, 11) is 0. The highest BCUT2D eigenvalue weighted by Gasteiger charge is 2.23. The van der Waals surface area contributed by atoms with E-state index in [1.807, 2.05) is 0 Å². The molecular formula is C4H2N8O4. The average molecular weight is 226 g/mol. The van der Waals surface area contributed by atoms with Crippen LogP contribution < -0.4 is 0 Å². The quantitative estimate of drug-likeness (QED) is 0.540. The molecule has 0 unspecified atom stereocenters. The number of carbonyl (C=O) groups is 2. The highest BCUT2D eigenvalue weighted by Crippen LogP contribution is 2.09. The zero-order valence-electron chi connectivity index (χ0n) is 7.29. The molecule has 0 saturated carbocycles. The Morgan fingerprint density at radius 2 is 1.25 bits per heavy atom. The smallest absolute Gasteiger partial charge is 0.435 e. The van der Waals surface area contributed by atoms with Crippen molar-refractivity contribution in [3.63, 3.8) is 0 Å². The molecule has 0 fully saturated rings. The van der Waals surface area contributed by atoms with E-state index in [-0.39, 0.29) is 11.6 Å². The molecule has 12 nitrogen and oxygen atoms in total. The van der Waals surface area contributed by atoms with Crippen LogP contribution in [0.2, 0.25) is 0 Å². The van der Waals surface area contributed by atoms with Crippen LogP contribution in [-0.2, 0) is 0 Å². The number of aromatic nitrogens is 8. The van der Waals surface area contributed by atoms with Gasteiger partial charge in [0.25, 0.3) is 0 Å². The lowest BCUT2D eigenvalue weighted by Gasteiger charge is -1.96. The second-order valence-electron chi connectivity index (χ2n) is 2.39.